The van der Waals surface area contributed by atoms with Crippen LogP contribution in [0.25, 0.3) is 0 Å². The molecule has 0 saturated carbocycles. The lowest BCUT2D eigenvalue weighted by atomic mass is 9.90. The van der Waals surface area contributed by atoms with Crippen molar-refractivity contribution in [3.63, 3.8) is 0 Å². The van der Waals surface area contributed by atoms with E-state index >= 15 is 0 Å². The lowest BCUT2D eigenvalue weighted by molar-refractivity contribution is -0.151. The van der Waals surface area contributed by atoms with Gasteiger partial charge in [-0.3, -0.25) is 0 Å². The molecule has 2 atom stereocenters. The number of rotatable bonds is 12. The Balaban J connectivity index is 2.30. The molecule has 0 aromatic heterocycles. The average molecular weight is 337 g/mol. The van der Waals surface area contributed by atoms with E-state index in [1.54, 1.807) is 21.3 Å². The van der Waals surface area contributed by atoms with Gasteiger partial charge in [-0.15, -0.1) is 0 Å². The second-order valence-electron chi connectivity index (χ2n) is 6.16. The summed E-state index contributed by atoms with van der Waals surface area (Å²) in [4.78, 5) is 0. The molecule has 132 valence electrons. The molecule has 1 saturated heterocycles. The van der Waals surface area contributed by atoms with Gasteiger partial charge in [-0.25, -0.2) is 0 Å². The van der Waals surface area contributed by atoms with Crippen LogP contribution >= 0.6 is 0 Å². The maximum atomic E-state index is 6.00. The van der Waals surface area contributed by atoms with Gasteiger partial charge in [0.2, 0.25) is 0 Å². The smallest absolute Gasteiger partial charge is 0.380 e. The third kappa shape index (κ3) is 5.26. The van der Waals surface area contributed by atoms with Gasteiger partial charge in [0.1, 0.15) is 5.73 Å². The molecule has 0 aromatic carbocycles. The topological polar surface area (TPSA) is 55.4 Å². The monoisotopic (exact) mass is 336 g/mol. The minimum atomic E-state index is -2.73. The Morgan fingerprint density at radius 2 is 1.68 bits per heavy atom. The van der Waals surface area contributed by atoms with Crippen LogP contribution < -0.4 is 0 Å². The lowest BCUT2D eigenvalue weighted by Crippen LogP contribution is -2.54. The molecule has 2 unspecified atom stereocenters. The molecule has 1 rings (SSSR count). The SMILES string of the molecule is CCC(CCOC(C)[Si](OC)(OC)OC)OCC1(C)COC1. The Morgan fingerprint density at radius 1 is 1.09 bits per heavy atom. The first-order valence-electron chi connectivity index (χ1n) is 7.91. The zero-order valence-electron chi connectivity index (χ0n) is 14.8. The lowest BCUT2D eigenvalue weighted by Gasteiger charge is -2.38. The molecule has 0 aliphatic carbocycles. The van der Waals surface area contributed by atoms with E-state index in [-0.39, 0.29) is 17.2 Å². The Morgan fingerprint density at radius 3 is 2.09 bits per heavy atom. The summed E-state index contributed by atoms with van der Waals surface area (Å²) in [6, 6.07) is 0. The molecule has 0 amide bonds. The maximum absolute atomic E-state index is 6.00. The summed E-state index contributed by atoms with van der Waals surface area (Å²) in [5, 5.41) is 0. The van der Waals surface area contributed by atoms with E-state index in [4.69, 9.17) is 27.5 Å². The van der Waals surface area contributed by atoms with Crippen LogP contribution in [-0.4, -0.2) is 68.4 Å². The number of hydrogen-bond acceptors (Lipinski definition) is 6. The largest absolute Gasteiger partial charge is 0.530 e. The molecule has 1 heterocycles. The minimum absolute atomic E-state index is 0.186. The quantitative estimate of drug-likeness (QED) is 0.508. The molecule has 1 aliphatic rings. The second-order valence-corrected chi connectivity index (χ2v) is 9.41. The van der Waals surface area contributed by atoms with Gasteiger partial charge >= 0.3 is 8.80 Å². The van der Waals surface area contributed by atoms with Gasteiger partial charge in [0, 0.05) is 33.4 Å². The zero-order valence-corrected chi connectivity index (χ0v) is 15.8. The van der Waals surface area contributed by atoms with Crippen LogP contribution in [0.1, 0.15) is 33.6 Å². The molecule has 6 nitrogen and oxygen atoms in total. The van der Waals surface area contributed by atoms with Crippen LogP contribution in [0.15, 0.2) is 0 Å². The zero-order chi connectivity index (χ0) is 16.6. The van der Waals surface area contributed by atoms with E-state index in [2.05, 4.69) is 13.8 Å². The first-order chi connectivity index (χ1) is 10.4. The Kier molecular flexibility index (Phi) is 8.48. The first-order valence-corrected chi connectivity index (χ1v) is 9.72. The first kappa shape index (κ1) is 20.0. The van der Waals surface area contributed by atoms with Crippen LogP contribution in [0.2, 0.25) is 0 Å². The molecular weight excluding hydrogens is 304 g/mol. The Labute approximate surface area is 135 Å². The summed E-state index contributed by atoms with van der Waals surface area (Å²) < 4.78 is 33.4. The number of hydrogen-bond donors (Lipinski definition) is 0. The maximum Gasteiger partial charge on any atom is 0.530 e. The fourth-order valence-corrected chi connectivity index (χ4v) is 4.30. The van der Waals surface area contributed by atoms with Gasteiger partial charge < -0.3 is 27.5 Å². The molecule has 0 bridgehead atoms. The highest BCUT2D eigenvalue weighted by atomic mass is 28.4. The molecule has 1 aliphatic heterocycles. The molecule has 0 aromatic rings. The predicted octanol–water partition coefficient (Wildman–Crippen LogP) is 2.03. The van der Waals surface area contributed by atoms with Gasteiger partial charge in [0.15, 0.2) is 0 Å². The standard InChI is InChI=1S/C15H32O6Si/c1-7-14(21-12-15(3)10-19-11-15)8-9-20-13(2)22(16-4,17-5)18-6/h13-14H,7-12H2,1-6H3. The molecule has 0 spiro atoms. The van der Waals surface area contributed by atoms with Gasteiger partial charge in [0.05, 0.1) is 25.9 Å². The van der Waals surface area contributed by atoms with Crippen molar-refractivity contribution in [2.75, 3.05) is 47.8 Å². The van der Waals surface area contributed by atoms with Crippen molar-refractivity contribution in [1.82, 2.24) is 0 Å². The van der Waals surface area contributed by atoms with Crippen molar-refractivity contribution in [3.05, 3.63) is 0 Å². The Bertz CT molecular complexity index is 298. The minimum Gasteiger partial charge on any atom is -0.380 e. The van der Waals surface area contributed by atoms with E-state index in [0.717, 1.165) is 32.7 Å². The molecule has 22 heavy (non-hydrogen) atoms. The van der Waals surface area contributed by atoms with Gasteiger partial charge in [-0.2, -0.15) is 0 Å². The van der Waals surface area contributed by atoms with Crippen molar-refractivity contribution in [1.29, 1.82) is 0 Å². The van der Waals surface area contributed by atoms with Crippen LogP contribution in [0, 0.1) is 5.41 Å². The summed E-state index contributed by atoms with van der Waals surface area (Å²) in [6.45, 7) is 9.17. The summed E-state index contributed by atoms with van der Waals surface area (Å²) in [7, 11) is 2.06. The molecule has 7 heteroatoms. The van der Waals surface area contributed by atoms with E-state index in [1.807, 2.05) is 6.92 Å². The van der Waals surface area contributed by atoms with Gasteiger partial charge in [-0.1, -0.05) is 13.8 Å². The predicted molar refractivity (Wildman–Crippen MR) is 85.8 cm³/mol. The van der Waals surface area contributed by atoms with Crippen LogP contribution in [-0.2, 0) is 27.5 Å². The molecule has 0 N–H and O–H groups in total. The third-order valence-electron chi connectivity index (χ3n) is 4.18. The molecule has 1 fully saturated rings. The van der Waals surface area contributed by atoms with Crippen molar-refractivity contribution in [2.45, 2.75) is 45.4 Å². The Hall–Kier alpha value is -0.0231. The fraction of sp³-hybridized carbons (Fsp3) is 1.00. The second kappa shape index (κ2) is 9.32. The summed E-state index contributed by atoms with van der Waals surface area (Å²) in [6.07, 6.45) is 2.02. The third-order valence-corrected chi connectivity index (χ3v) is 7.05. The summed E-state index contributed by atoms with van der Waals surface area (Å²) >= 11 is 0. The van der Waals surface area contributed by atoms with Crippen molar-refractivity contribution >= 4 is 8.80 Å². The van der Waals surface area contributed by atoms with Gasteiger partial charge in [-0.05, 0) is 19.8 Å². The van der Waals surface area contributed by atoms with Crippen molar-refractivity contribution < 1.29 is 27.5 Å². The van der Waals surface area contributed by atoms with E-state index in [9.17, 15) is 0 Å². The summed E-state index contributed by atoms with van der Waals surface area (Å²) in [5.41, 5.74) is -0.0197. The van der Waals surface area contributed by atoms with Crippen LogP contribution in [0.4, 0.5) is 0 Å². The van der Waals surface area contributed by atoms with Gasteiger partial charge in [0.25, 0.3) is 0 Å². The van der Waals surface area contributed by atoms with Crippen LogP contribution in [0.3, 0.4) is 0 Å². The molecule has 0 radical (unpaired) electrons. The van der Waals surface area contributed by atoms with E-state index in [1.165, 1.54) is 0 Å². The number of ether oxygens (including phenoxy) is 3. The highest BCUT2D eigenvalue weighted by Crippen LogP contribution is 2.27. The van der Waals surface area contributed by atoms with E-state index in [0.29, 0.717) is 6.61 Å². The highest BCUT2D eigenvalue weighted by molar-refractivity contribution is 6.61. The van der Waals surface area contributed by atoms with Crippen molar-refractivity contribution in [2.24, 2.45) is 5.41 Å². The molecular formula is C15H32O6Si. The van der Waals surface area contributed by atoms with E-state index < -0.39 is 8.80 Å². The van der Waals surface area contributed by atoms with Crippen molar-refractivity contribution in [3.8, 4) is 0 Å². The highest BCUT2D eigenvalue weighted by Gasteiger charge is 2.46. The van der Waals surface area contributed by atoms with Crippen LogP contribution in [0.5, 0.6) is 0 Å². The normalized spacial score (nSPS) is 20.5. The fourth-order valence-electron chi connectivity index (χ4n) is 2.48. The average Bonchev–Trinajstić information content (AvgIpc) is 2.51. The summed E-state index contributed by atoms with van der Waals surface area (Å²) in [5.74, 6) is 0.